The van der Waals surface area contributed by atoms with E-state index in [9.17, 15) is 12.8 Å². The molecule has 1 saturated carbocycles. The van der Waals surface area contributed by atoms with Crippen molar-refractivity contribution in [2.45, 2.75) is 25.3 Å². The summed E-state index contributed by atoms with van der Waals surface area (Å²) in [5.74, 6) is 1.08. The van der Waals surface area contributed by atoms with Crippen LogP contribution in [0.3, 0.4) is 0 Å². The van der Waals surface area contributed by atoms with Crippen LogP contribution in [0.5, 0.6) is 0 Å². The van der Waals surface area contributed by atoms with Gasteiger partial charge in [-0.2, -0.15) is 0 Å². The highest BCUT2D eigenvalue weighted by molar-refractivity contribution is 9.11. The molecule has 36 heavy (non-hydrogen) atoms. The minimum absolute atomic E-state index is 0.171. The minimum Gasteiger partial charge on any atom is -0.455 e. The maximum Gasteiger partial charge on any atom is 0.232 e. The van der Waals surface area contributed by atoms with Crippen molar-refractivity contribution in [2.24, 2.45) is 0 Å². The second kappa shape index (κ2) is 8.82. The number of sulfonamides is 1. The molecule has 1 fully saturated rings. The first-order valence-corrected chi connectivity index (χ1v) is 14.7. The smallest absolute Gasteiger partial charge is 0.232 e. The van der Waals surface area contributed by atoms with Crippen molar-refractivity contribution in [1.29, 1.82) is 0 Å². The van der Waals surface area contributed by atoms with Crippen LogP contribution in [-0.4, -0.2) is 29.6 Å². The zero-order valence-corrected chi connectivity index (χ0v) is 22.3. The van der Waals surface area contributed by atoms with E-state index in [-0.39, 0.29) is 18.3 Å². The molecule has 11 heteroatoms. The average Bonchev–Trinajstić information content (AvgIpc) is 3.21. The molecule has 3 heterocycles. The zero-order chi connectivity index (χ0) is 25.0. The molecule has 0 bridgehead atoms. The third-order valence-electron chi connectivity index (χ3n) is 6.19. The molecule has 0 unspecified atom stereocenters. The van der Waals surface area contributed by atoms with Gasteiger partial charge in [0.2, 0.25) is 10.0 Å². The van der Waals surface area contributed by atoms with Gasteiger partial charge in [0, 0.05) is 40.5 Å². The third kappa shape index (κ3) is 4.35. The Kier molecular flexibility index (Phi) is 5.73. The molecule has 7 nitrogen and oxygen atoms in total. The Hall–Kier alpha value is -3.02. The topological polar surface area (TPSA) is 92.1 Å². The summed E-state index contributed by atoms with van der Waals surface area (Å²) in [5.41, 5.74) is 3.54. The van der Waals surface area contributed by atoms with Crippen LogP contribution in [0, 0.1) is 5.82 Å². The van der Waals surface area contributed by atoms with Crippen LogP contribution in [0.25, 0.3) is 33.7 Å². The van der Waals surface area contributed by atoms with Crippen LogP contribution >= 0.6 is 27.3 Å². The van der Waals surface area contributed by atoms with Crippen LogP contribution in [0.15, 0.2) is 63.3 Å². The van der Waals surface area contributed by atoms with Crippen molar-refractivity contribution in [3.05, 3.63) is 75.2 Å². The van der Waals surface area contributed by atoms with Crippen molar-refractivity contribution < 1.29 is 17.2 Å². The Bertz CT molecular complexity index is 1670. The Morgan fingerprint density at radius 2 is 2.00 bits per heavy atom. The molecule has 0 atom stereocenters. The highest BCUT2D eigenvalue weighted by atomic mass is 79.9. The van der Waals surface area contributed by atoms with Crippen molar-refractivity contribution >= 4 is 53.9 Å². The largest absolute Gasteiger partial charge is 0.455 e. The van der Waals surface area contributed by atoms with E-state index in [2.05, 4.69) is 30.9 Å². The monoisotopic (exact) mass is 586 g/mol. The number of furan rings is 1. The number of anilines is 1. The van der Waals surface area contributed by atoms with E-state index in [1.807, 2.05) is 6.07 Å². The lowest BCUT2D eigenvalue weighted by molar-refractivity contribution is 0.596. The number of aromatic nitrogens is 3. The molecular weight excluding hydrogens is 567 g/mol. The van der Waals surface area contributed by atoms with Gasteiger partial charge in [-0.1, -0.05) is 0 Å². The summed E-state index contributed by atoms with van der Waals surface area (Å²) >= 11 is 4.75. The van der Waals surface area contributed by atoms with Crippen molar-refractivity contribution in [3.63, 3.8) is 0 Å². The van der Waals surface area contributed by atoms with E-state index in [0.29, 0.717) is 32.3 Å². The fraction of sp³-hybridized carbons (Fsp3) is 0.200. The van der Waals surface area contributed by atoms with E-state index in [1.54, 1.807) is 36.8 Å². The number of aromatic amines is 1. The van der Waals surface area contributed by atoms with E-state index in [1.165, 1.54) is 34.0 Å². The Morgan fingerprint density at radius 3 is 2.61 bits per heavy atom. The van der Waals surface area contributed by atoms with Gasteiger partial charge in [-0.05, 0) is 70.6 Å². The molecule has 1 aliphatic rings. The summed E-state index contributed by atoms with van der Waals surface area (Å²) < 4.78 is 48.1. The van der Waals surface area contributed by atoms with Gasteiger partial charge < -0.3 is 9.40 Å². The number of hydrogen-bond donors (Lipinski definition) is 1. The molecule has 2 aromatic carbocycles. The number of nitrogens with zero attached hydrogens (tertiary/aromatic N) is 3. The number of benzene rings is 2. The van der Waals surface area contributed by atoms with Gasteiger partial charge in [0.1, 0.15) is 23.0 Å². The molecule has 1 N–H and O–H groups in total. The summed E-state index contributed by atoms with van der Waals surface area (Å²) in [7, 11) is -3.61. The van der Waals surface area contributed by atoms with Gasteiger partial charge in [-0.3, -0.25) is 4.31 Å². The van der Waals surface area contributed by atoms with E-state index < -0.39 is 10.0 Å². The molecule has 0 amide bonds. The summed E-state index contributed by atoms with van der Waals surface area (Å²) in [6, 6.07) is 9.92. The molecule has 1 aliphatic carbocycles. The molecule has 0 spiro atoms. The maximum atomic E-state index is 13.6. The van der Waals surface area contributed by atoms with E-state index >= 15 is 0 Å². The molecule has 3 aromatic heterocycles. The number of halogens is 2. The molecule has 184 valence electrons. The van der Waals surface area contributed by atoms with E-state index in [4.69, 9.17) is 4.42 Å². The molecular formula is C25H20BrFN4O3S2. The number of imidazole rings is 1. The number of hydrogen-bond acceptors (Lipinski definition) is 6. The quantitative estimate of drug-likeness (QED) is 0.229. The molecule has 5 aromatic rings. The summed E-state index contributed by atoms with van der Waals surface area (Å²) in [6.45, 7) is 0.171. The summed E-state index contributed by atoms with van der Waals surface area (Å²) in [6.07, 6.45) is 8.26. The van der Waals surface area contributed by atoms with Gasteiger partial charge in [0.15, 0.2) is 3.92 Å². The molecule has 0 saturated heterocycles. The van der Waals surface area contributed by atoms with Gasteiger partial charge in [-0.25, -0.2) is 22.8 Å². The van der Waals surface area contributed by atoms with Crippen molar-refractivity contribution in [3.8, 4) is 22.7 Å². The summed E-state index contributed by atoms with van der Waals surface area (Å²) in [4.78, 5) is 12.6. The predicted molar refractivity (Wildman–Crippen MR) is 142 cm³/mol. The summed E-state index contributed by atoms with van der Waals surface area (Å²) in [5, 5.41) is 0.823. The first-order chi connectivity index (χ1) is 17.3. The Morgan fingerprint density at radius 1 is 1.22 bits per heavy atom. The first kappa shape index (κ1) is 23.4. The maximum absolute atomic E-state index is 13.6. The van der Waals surface area contributed by atoms with Crippen LogP contribution in [-0.2, 0) is 16.6 Å². The van der Waals surface area contributed by atoms with Crippen molar-refractivity contribution in [1.82, 2.24) is 15.0 Å². The van der Waals surface area contributed by atoms with Gasteiger partial charge in [0.25, 0.3) is 0 Å². The zero-order valence-electron chi connectivity index (χ0n) is 19.0. The Labute approximate surface area is 219 Å². The lowest BCUT2D eigenvalue weighted by atomic mass is 10.0. The van der Waals surface area contributed by atoms with Crippen LogP contribution < -0.4 is 4.31 Å². The SMILES string of the molecule is CS(=O)(=O)N(Cc1cnc(Br)s1)c1cc2oc(-c3ccc(F)cc3)c(-c3ncc[nH]3)c2cc1C1CC1. The van der Waals surface area contributed by atoms with Crippen molar-refractivity contribution in [2.75, 3.05) is 10.6 Å². The normalized spacial score (nSPS) is 14.0. The predicted octanol–water partition coefficient (Wildman–Crippen LogP) is 6.69. The molecule has 6 rings (SSSR count). The fourth-order valence-corrected chi connectivity index (χ4v) is 6.72. The average molecular weight is 587 g/mol. The lowest BCUT2D eigenvalue weighted by Gasteiger charge is -2.24. The van der Waals surface area contributed by atoms with Crippen LogP contribution in [0.2, 0.25) is 0 Å². The highest BCUT2D eigenvalue weighted by Gasteiger charge is 2.33. The standard InChI is InChI=1S/C25H20BrFN4O3S2/c1-36(32,33)31(13-17-12-30-25(26)35-17)20-11-21-19(10-18(20)14-2-3-14)22(24-28-8-9-29-24)23(34-21)15-4-6-16(27)7-5-15/h4-12,14H,2-3,13H2,1H3,(H,28,29). The lowest BCUT2D eigenvalue weighted by Crippen LogP contribution is -2.29. The molecule has 0 radical (unpaired) electrons. The number of fused-ring (bicyclic) bond motifs is 1. The Balaban J connectivity index is 1.59. The number of rotatable bonds is 7. The minimum atomic E-state index is -3.61. The first-order valence-electron chi connectivity index (χ1n) is 11.2. The van der Waals surface area contributed by atoms with Gasteiger partial charge >= 0.3 is 0 Å². The second-order valence-electron chi connectivity index (χ2n) is 8.78. The third-order valence-corrected chi connectivity index (χ3v) is 8.78. The number of thiazole rings is 1. The van der Waals surface area contributed by atoms with Gasteiger partial charge in [-0.15, -0.1) is 11.3 Å². The van der Waals surface area contributed by atoms with Crippen LogP contribution in [0.4, 0.5) is 10.1 Å². The molecule has 0 aliphatic heterocycles. The van der Waals surface area contributed by atoms with E-state index in [0.717, 1.165) is 34.2 Å². The number of nitrogens with one attached hydrogen (secondary N) is 1. The van der Waals surface area contributed by atoms with Gasteiger partial charge in [0.05, 0.1) is 24.1 Å². The van der Waals surface area contributed by atoms with Crippen LogP contribution in [0.1, 0.15) is 29.2 Å². The highest BCUT2D eigenvalue weighted by Crippen LogP contribution is 2.49. The second-order valence-corrected chi connectivity index (χ2v) is 13.1. The fourth-order valence-electron chi connectivity index (χ4n) is 4.41. The number of H-pyrrole nitrogens is 1.